The Kier molecular flexibility index (Phi) is 4.85. The van der Waals surface area contributed by atoms with Crippen molar-refractivity contribution in [1.29, 1.82) is 0 Å². The van der Waals surface area contributed by atoms with Gasteiger partial charge in [0.2, 0.25) is 0 Å². The smallest absolute Gasteiger partial charge is 0.275 e. The van der Waals surface area contributed by atoms with E-state index in [-0.39, 0.29) is 18.1 Å². The van der Waals surface area contributed by atoms with Gasteiger partial charge in [0.05, 0.1) is 7.11 Å². The topological polar surface area (TPSA) is 95.1 Å². The number of nitrogen functional groups attached to an aromatic ring is 1. The van der Waals surface area contributed by atoms with Crippen LogP contribution in [0.2, 0.25) is 5.02 Å². The second-order valence-electron chi connectivity index (χ2n) is 5.18. The normalized spacial score (nSPS) is 10.5. The van der Waals surface area contributed by atoms with Gasteiger partial charge < -0.3 is 15.8 Å². The van der Waals surface area contributed by atoms with Gasteiger partial charge in [0, 0.05) is 11.6 Å². The van der Waals surface area contributed by atoms with Crippen molar-refractivity contribution in [2.75, 3.05) is 12.8 Å². The van der Waals surface area contributed by atoms with E-state index in [9.17, 15) is 4.79 Å². The van der Waals surface area contributed by atoms with Crippen LogP contribution in [0.3, 0.4) is 0 Å². The maximum atomic E-state index is 12.4. The van der Waals surface area contributed by atoms with Crippen LogP contribution in [0.5, 0.6) is 5.75 Å². The molecule has 3 aromatic rings. The maximum Gasteiger partial charge on any atom is 0.275 e. The number of benzene rings is 2. The lowest BCUT2D eigenvalue weighted by atomic mass is 10.2. The van der Waals surface area contributed by atoms with Crippen LogP contribution in [0.15, 0.2) is 48.5 Å². The number of nitrogens with two attached hydrogens (primary N) is 1. The van der Waals surface area contributed by atoms with Gasteiger partial charge >= 0.3 is 0 Å². The van der Waals surface area contributed by atoms with Crippen LogP contribution in [0.4, 0.5) is 5.82 Å². The van der Waals surface area contributed by atoms with Crippen molar-refractivity contribution >= 4 is 23.3 Å². The zero-order valence-corrected chi connectivity index (χ0v) is 14.2. The number of hydrogen-bond acceptors (Lipinski definition) is 5. The Morgan fingerprint density at radius 3 is 2.72 bits per heavy atom. The molecule has 1 aromatic heterocycles. The average molecular weight is 358 g/mol. The monoisotopic (exact) mass is 357 g/mol. The molecule has 0 unspecified atom stereocenters. The third-order valence-corrected chi connectivity index (χ3v) is 4.00. The van der Waals surface area contributed by atoms with Crippen molar-refractivity contribution in [2.24, 2.45) is 0 Å². The SMILES string of the molecule is COc1ccccc1-n1nnc(C(=O)NCc2ccccc2Cl)c1N. The van der Waals surface area contributed by atoms with Crippen LogP contribution >= 0.6 is 11.6 Å². The van der Waals surface area contributed by atoms with E-state index in [1.807, 2.05) is 30.3 Å². The number of carbonyl (C=O) groups is 1. The third-order valence-electron chi connectivity index (χ3n) is 3.63. The Labute approximate surface area is 149 Å². The summed E-state index contributed by atoms with van der Waals surface area (Å²) in [5, 5.41) is 11.2. The molecule has 128 valence electrons. The highest BCUT2D eigenvalue weighted by Crippen LogP contribution is 2.24. The van der Waals surface area contributed by atoms with E-state index >= 15 is 0 Å². The summed E-state index contributed by atoms with van der Waals surface area (Å²) < 4.78 is 6.65. The molecule has 7 nitrogen and oxygen atoms in total. The number of amides is 1. The molecule has 8 heteroatoms. The van der Waals surface area contributed by atoms with E-state index in [0.29, 0.717) is 16.5 Å². The number of rotatable bonds is 5. The van der Waals surface area contributed by atoms with Gasteiger partial charge in [-0.2, -0.15) is 4.68 Å². The third kappa shape index (κ3) is 3.41. The van der Waals surface area contributed by atoms with Gasteiger partial charge in [-0.3, -0.25) is 4.79 Å². The number of nitrogens with zero attached hydrogens (tertiary/aromatic N) is 3. The molecule has 0 fully saturated rings. The minimum atomic E-state index is -0.432. The zero-order valence-electron chi connectivity index (χ0n) is 13.4. The van der Waals surface area contributed by atoms with Crippen LogP contribution < -0.4 is 15.8 Å². The number of carbonyl (C=O) groups excluding carboxylic acids is 1. The Balaban J connectivity index is 1.81. The molecule has 3 rings (SSSR count). The lowest BCUT2D eigenvalue weighted by Gasteiger charge is -2.09. The van der Waals surface area contributed by atoms with Crippen LogP contribution in [0.25, 0.3) is 5.69 Å². The summed E-state index contributed by atoms with van der Waals surface area (Å²) in [5.41, 5.74) is 7.49. The van der Waals surface area contributed by atoms with Crippen LogP contribution in [0, 0.1) is 0 Å². The molecule has 0 atom stereocenters. The molecule has 0 saturated carbocycles. The summed E-state index contributed by atoms with van der Waals surface area (Å²) in [6, 6.07) is 14.4. The molecule has 1 amide bonds. The van der Waals surface area contributed by atoms with Crippen molar-refractivity contribution in [3.63, 3.8) is 0 Å². The quantitative estimate of drug-likeness (QED) is 0.731. The second kappa shape index (κ2) is 7.23. The van der Waals surface area contributed by atoms with E-state index in [1.165, 1.54) is 4.68 Å². The first-order chi connectivity index (χ1) is 12.1. The van der Waals surface area contributed by atoms with Crippen molar-refractivity contribution in [3.8, 4) is 11.4 Å². The number of aromatic nitrogens is 3. The predicted octanol–water partition coefficient (Wildman–Crippen LogP) is 2.44. The number of para-hydroxylation sites is 2. The molecule has 2 aromatic carbocycles. The molecule has 3 N–H and O–H groups in total. The zero-order chi connectivity index (χ0) is 17.8. The lowest BCUT2D eigenvalue weighted by Crippen LogP contribution is -2.24. The van der Waals surface area contributed by atoms with Gasteiger partial charge in [-0.05, 0) is 23.8 Å². The summed E-state index contributed by atoms with van der Waals surface area (Å²) in [4.78, 5) is 12.4. The minimum absolute atomic E-state index is 0.0398. The fraction of sp³-hybridized carbons (Fsp3) is 0.118. The molecule has 1 heterocycles. The fourth-order valence-corrected chi connectivity index (χ4v) is 2.54. The Morgan fingerprint density at radius 2 is 1.96 bits per heavy atom. The summed E-state index contributed by atoms with van der Waals surface area (Å²) in [6.07, 6.45) is 0. The van der Waals surface area contributed by atoms with Gasteiger partial charge in [-0.25, -0.2) is 0 Å². The lowest BCUT2D eigenvalue weighted by molar-refractivity contribution is 0.0947. The van der Waals surface area contributed by atoms with Gasteiger partial charge in [0.15, 0.2) is 11.5 Å². The molecule has 0 aliphatic rings. The molecular formula is C17H16ClN5O2. The summed E-state index contributed by atoms with van der Waals surface area (Å²) in [7, 11) is 1.54. The molecule has 0 spiro atoms. The number of ether oxygens (including phenoxy) is 1. The molecule has 0 radical (unpaired) electrons. The minimum Gasteiger partial charge on any atom is -0.494 e. The van der Waals surface area contributed by atoms with E-state index in [4.69, 9.17) is 22.1 Å². The van der Waals surface area contributed by atoms with E-state index in [0.717, 1.165) is 5.56 Å². The largest absolute Gasteiger partial charge is 0.494 e. The molecule has 0 aliphatic carbocycles. The first-order valence-electron chi connectivity index (χ1n) is 7.48. The maximum absolute atomic E-state index is 12.4. The van der Waals surface area contributed by atoms with Gasteiger partial charge in [0.25, 0.3) is 5.91 Å². The predicted molar refractivity (Wildman–Crippen MR) is 94.9 cm³/mol. The van der Waals surface area contributed by atoms with Gasteiger partial charge in [0.1, 0.15) is 11.4 Å². The van der Waals surface area contributed by atoms with Crippen LogP contribution in [-0.2, 0) is 6.54 Å². The highest BCUT2D eigenvalue weighted by atomic mass is 35.5. The fourth-order valence-electron chi connectivity index (χ4n) is 2.33. The van der Waals surface area contributed by atoms with Crippen molar-refractivity contribution < 1.29 is 9.53 Å². The highest BCUT2D eigenvalue weighted by molar-refractivity contribution is 6.31. The number of methoxy groups -OCH3 is 1. The first kappa shape index (κ1) is 16.8. The number of hydrogen-bond donors (Lipinski definition) is 2. The number of nitrogens with one attached hydrogen (secondary N) is 1. The van der Waals surface area contributed by atoms with Gasteiger partial charge in [-0.1, -0.05) is 47.1 Å². The van der Waals surface area contributed by atoms with Crippen LogP contribution in [0.1, 0.15) is 16.1 Å². The van der Waals surface area contributed by atoms with E-state index in [1.54, 1.807) is 25.3 Å². The summed E-state index contributed by atoms with van der Waals surface area (Å²) in [6.45, 7) is 0.263. The van der Waals surface area contributed by atoms with Crippen molar-refractivity contribution in [2.45, 2.75) is 6.54 Å². The molecule has 25 heavy (non-hydrogen) atoms. The Morgan fingerprint density at radius 1 is 1.24 bits per heavy atom. The van der Waals surface area contributed by atoms with Crippen molar-refractivity contribution in [1.82, 2.24) is 20.3 Å². The van der Waals surface area contributed by atoms with Crippen molar-refractivity contribution in [3.05, 3.63) is 64.8 Å². The Hall–Kier alpha value is -3.06. The van der Waals surface area contributed by atoms with E-state index < -0.39 is 5.91 Å². The van der Waals surface area contributed by atoms with E-state index in [2.05, 4.69) is 15.6 Å². The average Bonchev–Trinajstić information content (AvgIpc) is 3.02. The number of halogens is 1. The molecule has 0 saturated heterocycles. The number of anilines is 1. The van der Waals surface area contributed by atoms with Gasteiger partial charge in [-0.15, -0.1) is 5.10 Å². The molecule has 0 aliphatic heterocycles. The summed E-state index contributed by atoms with van der Waals surface area (Å²) in [5.74, 6) is 0.266. The first-order valence-corrected chi connectivity index (χ1v) is 7.85. The Bertz CT molecular complexity index is 910. The molecular weight excluding hydrogens is 342 g/mol. The standard InChI is InChI=1S/C17H16ClN5O2/c1-25-14-9-5-4-8-13(14)23-16(19)15(21-22-23)17(24)20-10-11-6-2-3-7-12(11)18/h2-9H,10,19H2,1H3,(H,20,24). The molecule has 0 bridgehead atoms. The summed E-state index contributed by atoms with van der Waals surface area (Å²) >= 11 is 6.08. The second-order valence-corrected chi connectivity index (χ2v) is 5.59. The van der Waals surface area contributed by atoms with Crippen LogP contribution in [-0.4, -0.2) is 28.0 Å². The highest BCUT2D eigenvalue weighted by Gasteiger charge is 2.19.